The summed E-state index contributed by atoms with van der Waals surface area (Å²) in [5.74, 6) is 0.647. The lowest BCUT2D eigenvalue weighted by Crippen LogP contribution is -2.50. The summed E-state index contributed by atoms with van der Waals surface area (Å²) in [5.41, 5.74) is -0.997. The first-order valence-electron chi connectivity index (χ1n) is 9.42. The molecule has 2 aromatic carbocycles. The van der Waals surface area contributed by atoms with Gasteiger partial charge in [-0.25, -0.2) is 8.42 Å². The van der Waals surface area contributed by atoms with E-state index >= 15 is 0 Å². The predicted molar refractivity (Wildman–Crippen MR) is 105 cm³/mol. The van der Waals surface area contributed by atoms with Crippen molar-refractivity contribution in [3.05, 3.63) is 60.2 Å². The predicted octanol–water partition coefficient (Wildman–Crippen LogP) is 2.45. The van der Waals surface area contributed by atoms with Crippen LogP contribution in [-0.4, -0.2) is 68.2 Å². The number of ether oxygens (including phenoxy) is 1. The van der Waals surface area contributed by atoms with Crippen molar-refractivity contribution in [3.8, 4) is 5.75 Å². The fourth-order valence-electron chi connectivity index (χ4n) is 3.19. The fourth-order valence-corrected chi connectivity index (χ4v) is 4.66. The quantitative estimate of drug-likeness (QED) is 0.711. The number of aliphatic hydroxyl groups is 1. The van der Waals surface area contributed by atoms with E-state index in [0.717, 1.165) is 12.1 Å². The molecule has 0 saturated carbocycles. The lowest BCUT2D eigenvalue weighted by molar-refractivity contribution is -0.137. The molecule has 1 atom stereocenters. The SMILES string of the molecule is O=S(=O)(c1cccc(C(F)(F)F)c1)N1CCN(C[C@@H](O)COc2ccccc2)CC1. The Kier molecular flexibility index (Phi) is 7.02. The summed E-state index contributed by atoms with van der Waals surface area (Å²) in [4.78, 5) is 1.53. The maximum absolute atomic E-state index is 12.9. The molecule has 1 fully saturated rings. The van der Waals surface area contributed by atoms with Gasteiger partial charge in [-0.3, -0.25) is 4.90 Å². The molecular formula is C20H23F3N2O4S. The molecule has 1 aliphatic rings. The minimum Gasteiger partial charge on any atom is -0.491 e. The van der Waals surface area contributed by atoms with Crippen LogP contribution >= 0.6 is 0 Å². The molecule has 10 heteroatoms. The van der Waals surface area contributed by atoms with E-state index < -0.39 is 27.9 Å². The van der Waals surface area contributed by atoms with E-state index in [1.165, 1.54) is 10.4 Å². The Hall–Kier alpha value is -2.14. The molecular weight excluding hydrogens is 421 g/mol. The summed E-state index contributed by atoms with van der Waals surface area (Å²) in [6, 6.07) is 12.8. The van der Waals surface area contributed by atoms with Crippen LogP contribution in [0.1, 0.15) is 5.56 Å². The van der Waals surface area contributed by atoms with E-state index in [4.69, 9.17) is 4.74 Å². The Labute approximate surface area is 173 Å². The van der Waals surface area contributed by atoms with E-state index in [0.29, 0.717) is 31.5 Å². The van der Waals surface area contributed by atoms with Gasteiger partial charge in [-0.2, -0.15) is 17.5 Å². The van der Waals surface area contributed by atoms with Crippen molar-refractivity contribution < 1.29 is 31.4 Å². The number of alkyl halides is 3. The third-order valence-corrected chi connectivity index (χ3v) is 6.68. The van der Waals surface area contributed by atoms with Crippen molar-refractivity contribution in [3.63, 3.8) is 0 Å². The van der Waals surface area contributed by atoms with E-state index in [9.17, 15) is 26.7 Å². The minimum atomic E-state index is -4.61. The molecule has 1 aliphatic heterocycles. The number of aliphatic hydroxyl groups excluding tert-OH is 1. The van der Waals surface area contributed by atoms with Crippen LogP contribution in [0.5, 0.6) is 5.75 Å². The monoisotopic (exact) mass is 444 g/mol. The normalized spacial score (nSPS) is 17.6. The van der Waals surface area contributed by atoms with Crippen LogP contribution in [0, 0.1) is 0 Å². The zero-order valence-corrected chi connectivity index (χ0v) is 16.9. The second-order valence-corrected chi connectivity index (χ2v) is 8.95. The van der Waals surface area contributed by atoms with Crippen LogP contribution in [-0.2, 0) is 16.2 Å². The number of sulfonamides is 1. The Morgan fingerprint density at radius 1 is 1.00 bits per heavy atom. The highest BCUT2D eigenvalue weighted by molar-refractivity contribution is 7.89. The van der Waals surface area contributed by atoms with Crippen molar-refractivity contribution in [1.82, 2.24) is 9.21 Å². The largest absolute Gasteiger partial charge is 0.491 e. The zero-order chi connectivity index (χ0) is 21.8. The van der Waals surface area contributed by atoms with Crippen LogP contribution in [0.4, 0.5) is 13.2 Å². The van der Waals surface area contributed by atoms with Crippen molar-refractivity contribution in [2.24, 2.45) is 0 Å². The van der Waals surface area contributed by atoms with Gasteiger partial charge in [0.15, 0.2) is 0 Å². The second kappa shape index (κ2) is 9.34. The number of piperazine rings is 1. The second-order valence-electron chi connectivity index (χ2n) is 7.01. The maximum Gasteiger partial charge on any atom is 0.416 e. The van der Waals surface area contributed by atoms with Crippen LogP contribution in [0.15, 0.2) is 59.5 Å². The molecule has 6 nitrogen and oxygen atoms in total. The number of benzene rings is 2. The van der Waals surface area contributed by atoms with Crippen molar-refractivity contribution in [1.29, 1.82) is 0 Å². The molecule has 0 bridgehead atoms. The number of para-hydroxylation sites is 1. The highest BCUT2D eigenvalue weighted by Crippen LogP contribution is 2.31. The molecule has 0 aromatic heterocycles. The third kappa shape index (κ3) is 5.72. The zero-order valence-electron chi connectivity index (χ0n) is 16.1. The van der Waals surface area contributed by atoms with Gasteiger partial charge in [0.2, 0.25) is 10.0 Å². The van der Waals surface area contributed by atoms with Crippen LogP contribution in [0.2, 0.25) is 0 Å². The van der Waals surface area contributed by atoms with Gasteiger partial charge in [-0.15, -0.1) is 0 Å². The first kappa shape index (κ1) is 22.5. The smallest absolute Gasteiger partial charge is 0.416 e. The van der Waals surface area contributed by atoms with E-state index in [1.807, 2.05) is 23.1 Å². The number of nitrogens with zero attached hydrogens (tertiary/aromatic N) is 2. The lowest BCUT2D eigenvalue weighted by Gasteiger charge is -2.34. The van der Waals surface area contributed by atoms with Gasteiger partial charge < -0.3 is 9.84 Å². The molecule has 3 rings (SSSR count). The Morgan fingerprint density at radius 3 is 2.30 bits per heavy atom. The Morgan fingerprint density at radius 2 is 1.67 bits per heavy atom. The third-order valence-electron chi connectivity index (χ3n) is 4.78. The summed E-state index contributed by atoms with van der Waals surface area (Å²) in [6.07, 6.45) is -5.36. The minimum absolute atomic E-state index is 0.104. The summed E-state index contributed by atoms with van der Waals surface area (Å²) in [7, 11) is -4.02. The maximum atomic E-state index is 12.9. The van der Waals surface area contributed by atoms with Crippen molar-refractivity contribution >= 4 is 10.0 Å². The molecule has 2 aromatic rings. The van der Waals surface area contributed by atoms with Gasteiger partial charge in [0.05, 0.1) is 10.5 Å². The molecule has 0 radical (unpaired) electrons. The van der Waals surface area contributed by atoms with Gasteiger partial charge in [0.1, 0.15) is 18.5 Å². The molecule has 164 valence electrons. The highest BCUT2D eigenvalue weighted by Gasteiger charge is 2.34. The van der Waals surface area contributed by atoms with E-state index in [-0.39, 0.29) is 24.6 Å². The van der Waals surface area contributed by atoms with Crippen molar-refractivity contribution in [2.45, 2.75) is 17.2 Å². The molecule has 0 aliphatic carbocycles. The Balaban J connectivity index is 1.53. The van der Waals surface area contributed by atoms with Gasteiger partial charge >= 0.3 is 6.18 Å². The number of hydrogen-bond acceptors (Lipinski definition) is 5. The average molecular weight is 444 g/mol. The highest BCUT2D eigenvalue weighted by atomic mass is 32.2. The van der Waals surface area contributed by atoms with Crippen LogP contribution < -0.4 is 4.74 Å². The van der Waals surface area contributed by atoms with Crippen molar-refractivity contribution in [2.75, 3.05) is 39.3 Å². The first-order valence-corrected chi connectivity index (χ1v) is 10.9. The molecule has 1 N–H and O–H groups in total. The van der Waals surface area contributed by atoms with Gasteiger partial charge in [-0.05, 0) is 30.3 Å². The fraction of sp³-hybridized carbons (Fsp3) is 0.400. The molecule has 30 heavy (non-hydrogen) atoms. The van der Waals surface area contributed by atoms with Gasteiger partial charge in [0, 0.05) is 32.7 Å². The lowest BCUT2D eigenvalue weighted by atomic mass is 10.2. The number of β-amino-alcohol motifs (C(OH)–C–C–N with tert-alkyl or cyclic N) is 1. The van der Waals surface area contributed by atoms with E-state index in [2.05, 4.69) is 0 Å². The summed E-state index contributed by atoms with van der Waals surface area (Å²) < 4.78 is 70.8. The summed E-state index contributed by atoms with van der Waals surface area (Å²) >= 11 is 0. The molecule has 0 unspecified atom stereocenters. The standard InChI is InChI=1S/C20H23F3N2O4S/c21-20(22,23)16-5-4-8-19(13-16)30(27,28)25-11-9-24(10-12-25)14-17(26)15-29-18-6-2-1-3-7-18/h1-8,13,17,26H,9-12,14-15H2/t17-/m1/s1. The molecule has 1 heterocycles. The molecule has 0 spiro atoms. The average Bonchev–Trinajstić information content (AvgIpc) is 2.73. The van der Waals surface area contributed by atoms with Crippen LogP contribution in [0.25, 0.3) is 0 Å². The molecule has 0 amide bonds. The number of rotatable bonds is 7. The van der Waals surface area contributed by atoms with E-state index in [1.54, 1.807) is 12.1 Å². The van der Waals surface area contributed by atoms with Crippen LogP contribution in [0.3, 0.4) is 0 Å². The number of hydrogen-bond donors (Lipinski definition) is 1. The summed E-state index contributed by atoms with van der Waals surface area (Å²) in [5, 5.41) is 10.2. The van der Waals surface area contributed by atoms with Gasteiger partial charge in [0.25, 0.3) is 0 Å². The number of halogens is 3. The molecule has 1 saturated heterocycles. The Bertz CT molecular complexity index is 931. The summed E-state index contributed by atoms with van der Waals surface area (Å²) in [6.45, 7) is 1.40. The topological polar surface area (TPSA) is 70.1 Å². The van der Waals surface area contributed by atoms with Gasteiger partial charge in [-0.1, -0.05) is 24.3 Å². The first-order chi connectivity index (χ1) is 14.2.